The number of unbranched alkanes of at least 4 members (excludes halogenated alkanes) is 2. The standard InChI is InChI=1S/C13H19Cl2N/c1-3-4-5-8-16(2)13-7-6-12(15)9-11(13)10-14/h6-7,9H,3-5,8,10H2,1-2H3. The lowest BCUT2D eigenvalue weighted by Crippen LogP contribution is -2.19. The second-order valence-corrected chi connectivity index (χ2v) is 4.74. The van der Waals surface area contributed by atoms with Crippen molar-refractivity contribution in [1.29, 1.82) is 0 Å². The molecular formula is C13H19Cl2N. The van der Waals surface area contributed by atoms with Gasteiger partial charge in [0.15, 0.2) is 0 Å². The summed E-state index contributed by atoms with van der Waals surface area (Å²) in [6.45, 7) is 3.28. The van der Waals surface area contributed by atoms with Crippen molar-refractivity contribution in [3.63, 3.8) is 0 Å². The number of anilines is 1. The quantitative estimate of drug-likeness (QED) is 0.529. The van der Waals surface area contributed by atoms with Crippen LogP contribution in [0.3, 0.4) is 0 Å². The van der Waals surface area contributed by atoms with E-state index in [1.807, 2.05) is 18.2 Å². The second kappa shape index (κ2) is 7.03. The van der Waals surface area contributed by atoms with Crippen molar-refractivity contribution in [2.45, 2.75) is 32.1 Å². The fourth-order valence-corrected chi connectivity index (χ4v) is 2.16. The Hall–Kier alpha value is -0.400. The summed E-state index contributed by atoms with van der Waals surface area (Å²) in [6.07, 6.45) is 3.74. The molecular weight excluding hydrogens is 241 g/mol. The molecule has 0 aliphatic rings. The average Bonchev–Trinajstić information content (AvgIpc) is 2.29. The topological polar surface area (TPSA) is 3.24 Å². The zero-order chi connectivity index (χ0) is 12.0. The molecule has 0 radical (unpaired) electrons. The minimum atomic E-state index is 0.508. The SMILES string of the molecule is CCCCCN(C)c1ccc(Cl)cc1CCl. The number of benzene rings is 1. The molecule has 90 valence electrons. The highest BCUT2D eigenvalue weighted by Gasteiger charge is 2.06. The van der Waals surface area contributed by atoms with Gasteiger partial charge in [0, 0.05) is 30.2 Å². The zero-order valence-corrected chi connectivity index (χ0v) is 11.5. The summed E-state index contributed by atoms with van der Waals surface area (Å²) in [5.74, 6) is 0.508. The van der Waals surface area contributed by atoms with Crippen molar-refractivity contribution in [3.8, 4) is 0 Å². The van der Waals surface area contributed by atoms with E-state index in [1.165, 1.54) is 24.9 Å². The zero-order valence-electron chi connectivity index (χ0n) is 9.97. The third kappa shape index (κ3) is 3.88. The molecule has 1 aromatic carbocycles. The lowest BCUT2D eigenvalue weighted by molar-refractivity contribution is 0.704. The molecule has 0 aromatic heterocycles. The molecule has 0 aliphatic carbocycles. The molecule has 0 unspecified atom stereocenters. The molecule has 16 heavy (non-hydrogen) atoms. The fourth-order valence-electron chi connectivity index (χ4n) is 1.75. The predicted octanol–water partition coefficient (Wildman–Crippen LogP) is 4.71. The van der Waals surface area contributed by atoms with Crippen LogP contribution in [0.25, 0.3) is 0 Å². The smallest absolute Gasteiger partial charge is 0.0495 e. The van der Waals surface area contributed by atoms with Crippen LogP contribution >= 0.6 is 23.2 Å². The molecule has 0 aliphatic heterocycles. The van der Waals surface area contributed by atoms with Crippen LogP contribution in [0.5, 0.6) is 0 Å². The Balaban J connectivity index is 2.70. The van der Waals surface area contributed by atoms with Gasteiger partial charge in [-0.1, -0.05) is 31.4 Å². The first-order valence-electron chi connectivity index (χ1n) is 5.74. The molecule has 0 atom stereocenters. The van der Waals surface area contributed by atoms with Crippen molar-refractivity contribution in [1.82, 2.24) is 0 Å². The van der Waals surface area contributed by atoms with Gasteiger partial charge in [-0.3, -0.25) is 0 Å². The van der Waals surface area contributed by atoms with E-state index in [0.29, 0.717) is 5.88 Å². The van der Waals surface area contributed by atoms with Gasteiger partial charge in [0.1, 0.15) is 0 Å². The van der Waals surface area contributed by atoms with Gasteiger partial charge < -0.3 is 4.90 Å². The van der Waals surface area contributed by atoms with Crippen molar-refractivity contribution in [3.05, 3.63) is 28.8 Å². The molecule has 1 nitrogen and oxygen atoms in total. The molecule has 0 N–H and O–H groups in total. The fraction of sp³-hybridized carbons (Fsp3) is 0.538. The first kappa shape index (κ1) is 13.7. The van der Waals surface area contributed by atoms with Gasteiger partial charge in [0.05, 0.1) is 0 Å². The van der Waals surface area contributed by atoms with Gasteiger partial charge in [-0.2, -0.15) is 0 Å². The van der Waals surface area contributed by atoms with Crippen molar-refractivity contribution < 1.29 is 0 Å². The molecule has 0 fully saturated rings. The van der Waals surface area contributed by atoms with Gasteiger partial charge in [-0.25, -0.2) is 0 Å². The Kier molecular flexibility index (Phi) is 6.00. The van der Waals surface area contributed by atoms with E-state index in [0.717, 1.165) is 17.1 Å². The third-order valence-corrected chi connectivity index (χ3v) is 3.22. The average molecular weight is 260 g/mol. The second-order valence-electron chi connectivity index (χ2n) is 4.04. The molecule has 0 heterocycles. The number of nitrogens with zero attached hydrogens (tertiary/aromatic N) is 1. The summed E-state index contributed by atoms with van der Waals surface area (Å²) >= 11 is 11.9. The Morgan fingerprint density at radius 3 is 2.62 bits per heavy atom. The maximum atomic E-state index is 5.95. The number of hydrogen-bond donors (Lipinski definition) is 0. The molecule has 3 heteroatoms. The molecule has 0 saturated carbocycles. The van der Waals surface area contributed by atoms with E-state index in [2.05, 4.69) is 18.9 Å². The molecule has 0 bridgehead atoms. The van der Waals surface area contributed by atoms with E-state index < -0.39 is 0 Å². The maximum Gasteiger partial charge on any atom is 0.0495 e. The van der Waals surface area contributed by atoms with E-state index in [4.69, 9.17) is 23.2 Å². The van der Waals surface area contributed by atoms with Crippen LogP contribution < -0.4 is 4.90 Å². The van der Waals surface area contributed by atoms with Crippen molar-refractivity contribution in [2.75, 3.05) is 18.5 Å². The van der Waals surface area contributed by atoms with Crippen LogP contribution in [0.2, 0.25) is 5.02 Å². The minimum Gasteiger partial charge on any atom is -0.374 e. The maximum absolute atomic E-state index is 5.95. The van der Waals surface area contributed by atoms with Gasteiger partial charge in [-0.05, 0) is 30.2 Å². The van der Waals surface area contributed by atoms with Crippen molar-refractivity contribution in [2.24, 2.45) is 0 Å². The largest absolute Gasteiger partial charge is 0.374 e. The van der Waals surface area contributed by atoms with Gasteiger partial charge in [0.25, 0.3) is 0 Å². The normalized spacial score (nSPS) is 10.5. The number of rotatable bonds is 6. The van der Waals surface area contributed by atoms with Crippen LogP contribution in [0.4, 0.5) is 5.69 Å². The summed E-state index contributed by atoms with van der Waals surface area (Å²) in [4.78, 5) is 2.25. The lowest BCUT2D eigenvalue weighted by atomic mass is 10.1. The van der Waals surface area contributed by atoms with Crippen molar-refractivity contribution >= 4 is 28.9 Å². The third-order valence-electron chi connectivity index (χ3n) is 2.69. The number of halogens is 2. The minimum absolute atomic E-state index is 0.508. The van der Waals surface area contributed by atoms with Crippen LogP contribution in [-0.4, -0.2) is 13.6 Å². The summed E-state index contributed by atoms with van der Waals surface area (Å²) in [5, 5.41) is 0.751. The summed E-state index contributed by atoms with van der Waals surface area (Å²) < 4.78 is 0. The lowest BCUT2D eigenvalue weighted by Gasteiger charge is -2.22. The Labute approximate surface area is 108 Å². The van der Waals surface area contributed by atoms with Crippen LogP contribution in [0.15, 0.2) is 18.2 Å². The molecule has 0 spiro atoms. The molecule has 0 amide bonds. The molecule has 1 aromatic rings. The molecule has 0 saturated heterocycles. The van der Waals surface area contributed by atoms with Crippen LogP contribution in [-0.2, 0) is 5.88 Å². The Morgan fingerprint density at radius 1 is 1.25 bits per heavy atom. The summed E-state index contributed by atoms with van der Waals surface area (Å²) in [6, 6.07) is 5.91. The number of hydrogen-bond acceptors (Lipinski definition) is 1. The Bertz CT molecular complexity index is 326. The highest BCUT2D eigenvalue weighted by Crippen LogP contribution is 2.25. The highest BCUT2D eigenvalue weighted by molar-refractivity contribution is 6.30. The highest BCUT2D eigenvalue weighted by atomic mass is 35.5. The van der Waals surface area contributed by atoms with Gasteiger partial charge in [0.2, 0.25) is 0 Å². The first-order chi connectivity index (χ1) is 7.69. The van der Waals surface area contributed by atoms with E-state index in [1.54, 1.807) is 0 Å². The van der Waals surface area contributed by atoms with Gasteiger partial charge in [-0.15, -0.1) is 11.6 Å². The number of alkyl halides is 1. The van der Waals surface area contributed by atoms with E-state index in [-0.39, 0.29) is 0 Å². The Morgan fingerprint density at radius 2 is 2.00 bits per heavy atom. The van der Waals surface area contributed by atoms with E-state index >= 15 is 0 Å². The monoisotopic (exact) mass is 259 g/mol. The van der Waals surface area contributed by atoms with Crippen LogP contribution in [0.1, 0.15) is 31.7 Å². The molecule has 1 rings (SSSR count). The van der Waals surface area contributed by atoms with E-state index in [9.17, 15) is 0 Å². The first-order valence-corrected chi connectivity index (χ1v) is 6.65. The van der Waals surface area contributed by atoms with Gasteiger partial charge >= 0.3 is 0 Å². The van der Waals surface area contributed by atoms with Crippen LogP contribution in [0, 0.1) is 0 Å². The predicted molar refractivity (Wildman–Crippen MR) is 73.8 cm³/mol. The summed E-state index contributed by atoms with van der Waals surface area (Å²) in [7, 11) is 2.11. The summed E-state index contributed by atoms with van der Waals surface area (Å²) in [5.41, 5.74) is 2.30.